The van der Waals surface area contributed by atoms with E-state index in [-0.39, 0.29) is 5.78 Å². The highest BCUT2D eigenvalue weighted by Crippen LogP contribution is 2.38. The number of benzene rings is 2. The zero-order valence-electron chi connectivity index (χ0n) is 14.6. The highest BCUT2D eigenvalue weighted by Gasteiger charge is 2.20. The molecule has 0 bridgehead atoms. The Morgan fingerprint density at radius 1 is 1.00 bits per heavy atom. The van der Waals surface area contributed by atoms with Crippen LogP contribution in [0.15, 0.2) is 47.8 Å². The number of carbonyl (C=O) groups excluding carboxylic acids is 1. The van der Waals surface area contributed by atoms with Crippen LogP contribution in [0.4, 0.5) is 10.8 Å². The number of hydrogen-bond donors (Lipinski definition) is 1. The number of carbonyl (C=O) groups is 1. The average Bonchev–Trinajstić information content (AvgIpc) is 3.15. The summed E-state index contributed by atoms with van der Waals surface area (Å²) >= 11 is 1.36. The Hall–Kier alpha value is -3.06. The van der Waals surface area contributed by atoms with Crippen molar-refractivity contribution in [3.05, 3.63) is 59.1 Å². The minimum Gasteiger partial charge on any atom is -0.493 e. The number of nitrogens with one attached hydrogen (secondary N) is 1. The van der Waals surface area contributed by atoms with Gasteiger partial charge in [-0.15, -0.1) is 11.3 Å². The van der Waals surface area contributed by atoms with E-state index in [0.717, 1.165) is 5.69 Å². The van der Waals surface area contributed by atoms with Gasteiger partial charge in [-0.05, 0) is 24.3 Å². The standard InChI is InChI=1S/C19H18N2O4S/c1-23-15-9-12(10-16(24-2)18(15)25-3)17(22)14-11-26-19(21-14)20-13-7-5-4-6-8-13/h4-11H,1-3H3,(H,20,21). The molecule has 2 aromatic carbocycles. The molecule has 0 aliphatic heterocycles. The Bertz CT molecular complexity index is 884. The maximum atomic E-state index is 12.8. The highest BCUT2D eigenvalue weighted by molar-refractivity contribution is 7.14. The van der Waals surface area contributed by atoms with Gasteiger partial charge in [0, 0.05) is 16.6 Å². The zero-order chi connectivity index (χ0) is 18.5. The molecule has 26 heavy (non-hydrogen) atoms. The maximum Gasteiger partial charge on any atom is 0.212 e. The van der Waals surface area contributed by atoms with E-state index in [2.05, 4.69) is 10.3 Å². The molecule has 0 saturated carbocycles. The second kappa shape index (κ2) is 7.88. The lowest BCUT2D eigenvalue weighted by Gasteiger charge is -2.13. The van der Waals surface area contributed by atoms with E-state index in [0.29, 0.717) is 33.6 Å². The summed E-state index contributed by atoms with van der Waals surface area (Å²) in [6.45, 7) is 0. The number of thiazole rings is 1. The number of anilines is 2. The number of methoxy groups -OCH3 is 3. The van der Waals surface area contributed by atoms with Crippen molar-refractivity contribution in [2.45, 2.75) is 0 Å². The number of rotatable bonds is 7. The molecule has 0 aliphatic carbocycles. The van der Waals surface area contributed by atoms with Gasteiger partial charge in [0.25, 0.3) is 0 Å². The van der Waals surface area contributed by atoms with E-state index in [9.17, 15) is 4.79 Å². The molecule has 0 fully saturated rings. The molecule has 1 heterocycles. The van der Waals surface area contributed by atoms with Crippen LogP contribution < -0.4 is 19.5 Å². The van der Waals surface area contributed by atoms with Gasteiger partial charge in [-0.3, -0.25) is 4.79 Å². The summed E-state index contributed by atoms with van der Waals surface area (Å²) in [6.07, 6.45) is 0. The third-order valence-corrected chi connectivity index (χ3v) is 4.45. The van der Waals surface area contributed by atoms with Gasteiger partial charge in [0.2, 0.25) is 11.5 Å². The second-order valence-corrected chi connectivity index (χ2v) is 6.13. The third kappa shape index (κ3) is 3.62. The van der Waals surface area contributed by atoms with Crippen LogP contribution in [0.3, 0.4) is 0 Å². The van der Waals surface area contributed by atoms with Crippen LogP contribution in [0.1, 0.15) is 16.1 Å². The molecule has 0 spiro atoms. The molecule has 7 heteroatoms. The smallest absolute Gasteiger partial charge is 0.212 e. The number of hydrogen-bond acceptors (Lipinski definition) is 7. The lowest BCUT2D eigenvalue weighted by atomic mass is 10.1. The number of ether oxygens (including phenoxy) is 3. The van der Waals surface area contributed by atoms with E-state index in [1.807, 2.05) is 30.3 Å². The molecule has 0 saturated heterocycles. The van der Waals surface area contributed by atoms with Crippen molar-refractivity contribution in [1.29, 1.82) is 0 Å². The molecule has 6 nitrogen and oxygen atoms in total. The average molecular weight is 370 g/mol. The van der Waals surface area contributed by atoms with Crippen molar-refractivity contribution in [3.63, 3.8) is 0 Å². The summed E-state index contributed by atoms with van der Waals surface area (Å²) in [5, 5.41) is 5.54. The van der Waals surface area contributed by atoms with Crippen molar-refractivity contribution < 1.29 is 19.0 Å². The summed E-state index contributed by atoms with van der Waals surface area (Å²) in [5.74, 6) is 1.07. The molecule has 0 atom stereocenters. The Balaban J connectivity index is 1.88. The van der Waals surface area contributed by atoms with E-state index < -0.39 is 0 Å². The maximum absolute atomic E-state index is 12.8. The quantitative estimate of drug-likeness (QED) is 0.630. The van der Waals surface area contributed by atoms with Crippen LogP contribution in [0, 0.1) is 0 Å². The van der Waals surface area contributed by atoms with Gasteiger partial charge in [0.1, 0.15) is 5.69 Å². The molecule has 3 aromatic rings. The molecule has 0 amide bonds. The van der Waals surface area contributed by atoms with Crippen molar-refractivity contribution in [2.24, 2.45) is 0 Å². The molecule has 3 rings (SSSR count). The third-order valence-electron chi connectivity index (χ3n) is 3.69. The predicted octanol–water partition coefficient (Wildman–Crippen LogP) is 4.14. The molecule has 134 valence electrons. The summed E-state index contributed by atoms with van der Waals surface area (Å²) in [5.41, 5.74) is 1.67. The molecule has 0 unspecified atom stereocenters. The fraction of sp³-hybridized carbons (Fsp3) is 0.158. The topological polar surface area (TPSA) is 69.7 Å². The molecule has 1 aromatic heterocycles. The summed E-state index contributed by atoms with van der Waals surface area (Å²) in [7, 11) is 4.54. The second-order valence-electron chi connectivity index (χ2n) is 5.27. The lowest BCUT2D eigenvalue weighted by molar-refractivity contribution is 0.103. The van der Waals surface area contributed by atoms with E-state index in [1.54, 1.807) is 17.5 Å². The molecule has 1 N–H and O–H groups in total. The molecule has 0 radical (unpaired) electrons. The Morgan fingerprint density at radius 3 is 2.23 bits per heavy atom. The van der Waals surface area contributed by atoms with Gasteiger partial charge >= 0.3 is 0 Å². The van der Waals surface area contributed by atoms with Crippen LogP contribution >= 0.6 is 11.3 Å². The van der Waals surface area contributed by atoms with Crippen molar-refractivity contribution >= 4 is 27.9 Å². The predicted molar refractivity (Wildman–Crippen MR) is 101 cm³/mol. The van der Waals surface area contributed by atoms with Gasteiger partial charge in [0.15, 0.2) is 16.6 Å². The van der Waals surface area contributed by atoms with Crippen LogP contribution in [0.5, 0.6) is 17.2 Å². The first-order valence-electron chi connectivity index (χ1n) is 7.78. The van der Waals surface area contributed by atoms with Crippen LogP contribution in [0.25, 0.3) is 0 Å². The van der Waals surface area contributed by atoms with Crippen LogP contribution in [-0.2, 0) is 0 Å². The number of aromatic nitrogens is 1. The Morgan fingerprint density at radius 2 is 1.65 bits per heavy atom. The minimum atomic E-state index is -0.221. The number of para-hydroxylation sites is 1. The first-order valence-corrected chi connectivity index (χ1v) is 8.66. The zero-order valence-corrected chi connectivity index (χ0v) is 15.4. The molecular formula is C19H18N2O4S. The SMILES string of the molecule is COc1cc(C(=O)c2csc(Nc3ccccc3)n2)cc(OC)c1OC. The largest absolute Gasteiger partial charge is 0.493 e. The summed E-state index contributed by atoms with van der Waals surface area (Å²) in [6, 6.07) is 12.9. The van der Waals surface area contributed by atoms with E-state index in [1.165, 1.54) is 32.7 Å². The van der Waals surface area contributed by atoms with E-state index in [4.69, 9.17) is 14.2 Å². The fourth-order valence-electron chi connectivity index (χ4n) is 2.44. The van der Waals surface area contributed by atoms with E-state index >= 15 is 0 Å². The van der Waals surface area contributed by atoms with Gasteiger partial charge in [-0.25, -0.2) is 4.98 Å². The monoisotopic (exact) mass is 370 g/mol. The van der Waals surface area contributed by atoms with Gasteiger partial charge in [0.05, 0.1) is 21.3 Å². The number of ketones is 1. The van der Waals surface area contributed by atoms with Gasteiger partial charge in [-0.1, -0.05) is 18.2 Å². The summed E-state index contributed by atoms with van der Waals surface area (Å²) < 4.78 is 15.9. The lowest BCUT2D eigenvalue weighted by Crippen LogP contribution is -2.04. The van der Waals surface area contributed by atoms with Crippen molar-refractivity contribution in [2.75, 3.05) is 26.6 Å². The minimum absolute atomic E-state index is 0.221. The normalized spacial score (nSPS) is 10.3. The fourth-order valence-corrected chi connectivity index (χ4v) is 3.15. The Kier molecular flexibility index (Phi) is 5.38. The highest BCUT2D eigenvalue weighted by atomic mass is 32.1. The number of nitrogens with zero attached hydrogens (tertiary/aromatic N) is 1. The summed E-state index contributed by atoms with van der Waals surface area (Å²) in [4.78, 5) is 17.2. The van der Waals surface area contributed by atoms with Crippen molar-refractivity contribution in [1.82, 2.24) is 4.98 Å². The van der Waals surface area contributed by atoms with Gasteiger partial charge in [-0.2, -0.15) is 0 Å². The Labute approximate surface area is 155 Å². The first-order chi connectivity index (χ1) is 12.7. The van der Waals surface area contributed by atoms with Gasteiger partial charge < -0.3 is 19.5 Å². The molecule has 0 aliphatic rings. The first kappa shape index (κ1) is 17.8. The van der Waals surface area contributed by atoms with Crippen LogP contribution in [-0.4, -0.2) is 32.1 Å². The molecular weight excluding hydrogens is 352 g/mol. The van der Waals surface area contributed by atoms with Crippen molar-refractivity contribution in [3.8, 4) is 17.2 Å². The van der Waals surface area contributed by atoms with Crippen LogP contribution in [0.2, 0.25) is 0 Å².